The lowest BCUT2D eigenvalue weighted by molar-refractivity contribution is -0.192. The number of nitrogens with zero attached hydrogens (tertiary/aromatic N) is 2. The number of pyridine rings is 1. The van der Waals surface area contributed by atoms with Gasteiger partial charge in [0.2, 0.25) is 0 Å². The maximum absolute atomic E-state index is 12.9. The number of amides is 2. The van der Waals surface area contributed by atoms with Gasteiger partial charge in [0.1, 0.15) is 0 Å². The summed E-state index contributed by atoms with van der Waals surface area (Å²) in [4.78, 5) is 40.0. The summed E-state index contributed by atoms with van der Waals surface area (Å²) in [6.45, 7) is 5.66. The molecule has 2 fully saturated rings. The van der Waals surface area contributed by atoms with E-state index in [2.05, 4.69) is 16.4 Å². The molecule has 1 aromatic heterocycles. The van der Waals surface area contributed by atoms with Crippen LogP contribution in [0.5, 0.6) is 0 Å². The first-order valence-corrected chi connectivity index (χ1v) is 11.3. The van der Waals surface area contributed by atoms with Gasteiger partial charge in [0, 0.05) is 37.1 Å². The predicted molar refractivity (Wildman–Crippen MR) is 122 cm³/mol. The van der Waals surface area contributed by atoms with Gasteiger partial charge in [-0.05, 0) is 69.2 Å². The van der Waals surface area contributed by atoms with Crippen molar-refractivity contribution in [3.63, 3.8) is 0 Å². The van der Waals surface area contributed by atoms with E-state index in [0.29, 0.717) is 5.56 Å². The van der Waals surface area contributed by atoms with Crippen molar-refractivity contribution in [3.8, 4) is 0 Å². The van der Waals surface area contributed by atoms with Gasteiger partial charge in [0.25, 0.3) is 11.8 Å². The van der Waals surface area contributed by atoms with E-state index in [0.717, 1.165) is 55.5 Å². The smallest absolute Gasteiger partial charge is 0.475 e. The number of carboxylic acid groups (broad SMARTS) is 1. The summed E-state index contributed by atoms with van der Waals surface area (Å²) in [7, 11) is 0. The van der Waals surface area contributed by atoms with Gasteiger partial charge in [0.15, 0.2) is 0 Å². The molecular formula is C25H28F3N3O4. The zero-order valence-electron chi connectivity index (χ0n) is 19.6. The first kappa shape index (κ1) is 26.2. The number of likely N-dealkylation sites (tertiary alicyclic amines) is 1. The first-order valence-electron chi connectivity index (χ1n) is 11.3. The molecule has 10 heteroatoms. The van der Waals surface area contributed by atoms with E-state index in [9.17, 15) is 22.8 Å². The second-order valence-corrected chi connectivity index (χ2v) is 9.29. The van der Waals surface area contributed by atoms with Crippen molar-refractivity contribution in [1.29, 1.82) is 0 Å². The lowest BCUT2D eigenvalue weighted by atomic mass is 9.60. The van der Waals surface area contributed by atoms with Crippen molar-refractivity contribution in [2.24, 2.45) is 5.41 Å². The van der Waals surface area contributed by atoms with Crippen LogP contribution in [-0.4, -0.2) is 58.1 Å². The van der Waals surface area contributed by atoms with Crippen LogP contribution in [0.15, 0.2) is 42.7 Å². The van der Waals surface area contributed by atoms with Crippen molar-refractivity contribution in [1.82, 2.24) is 15.2 Å². The van der Waals surface area contributed by atoms with Crippen molar-refractivity contribution in [2.45, 2.75) is 51.7 Å². The molecule has 2 N–H and O–H groups in total. The molecule has 0 radical (unpaired) electrons. The number of piperidine rings is 1. The largest absolute Gasteiger partial charge is 0.490 e. The molecular weight excluding hydrogens is 463 g/mol. The quantitative estimate of drug-likeness (QED) is 0.672. The van der Waals surface area contributed by atoms with Gasteiger partial charge in [-0.2, -0.15) is 13.2 Å². The van der Waals surface area contributed by atoms with Gasteiger partial charge >= 0.3 is 12.1 Å². The number of benzene rings is 1. The van der Waals surface area contributed by atoms with E-state index in [1.165, 1.54) is 0 Å². The van der Waals surface area contributed by atoms with Crippen LogP contribution in [0.25, 0.3) is 0 Å². The van der Waals surface area contributed by atoms with Crippen LogP contribution in [0, 0.1) is 19.3 Å². The summed E-state index contributed by atoms with van der Waals surface area (Å²) in [6.07, 6.45) is 2.23. The van der Waals surface area contributed by atoms with Crippen LogP contribution in [0.1, 0.15) is 57.5 Å². The number of rotatable bonds is 3. The van der Waals surface area contributed by atoms with Crippen LogP contribution in [0.2, 0.25) is 0 Å². The van der Waals surface area contributed by atoms with E-state index < -0.39 is 12.1 Å². The average molecular weight is 492 g/mol. The zero-order chi connectivity index (χ0) is 25.8. The first-order chi connectivity index (χ1) is 16.4. The fourth-order valence-electron chi connectivity index (χ4n) is 4.73. The van der Waals surface area contributed by atoms with Crippen molar-refractivity contribution < 1.29 is 32.7 Å². The van der Waals surface area contributed by atoms with Gasteiger partial charge in [-0.15, -0.1) is 0 Å². The number of aliphatic carboxylic acids is 1. The minimum atomic E-state index is -5.08. The number of nitrogens with one attached hydrogen (secondary N) is 1. The van der Waals surface area contributed by atoms with Gasteiger partial charge in [0.05, 0.1) is 5.56 Å². The number of alkyl halides is 3. The second kappa shape index (κ2) is 10.5. The molecule has 7 nitrogen and oxygen atoms in total. The van der Waals surface area contributed by atoms with Gasteiger partial charge in [-0.1, -0.05) is 17.2 Å². The Labute approximate surface area is 201 Å². The zero-order valence-corrected chi connectivity index (χ0v) is 19.6. The monoisotopic (exact) mass is 491 g/mol. The number of hydrogen-bond donors (Lipinski definition) is 2. The summed E-state index contributed by atoms with van der Waals surface area (Å²) >= 11 is 0. The highest BCUT2D eigenvalue weighted by Crippen LogP contribution is 2.49. The SMILES string of the molecule is Cc1cc(C)cc(C(=O)N2CCC3(CC2)CC(NC(=O)c2cccnc2)C3)c1.O=C(O)C(F)(F)F. The molecule has 0 unspecified atom stereocenters. The molecule has 2 aromatic rings. The summed E-state index contributed by atoms with van der Waals surface area (Å²) < 4.78 is 31.7. The van der Waals surface area contributed by atoms with Crippen LogP contribution in [0.3, 0.4) is 0 Å². The van der Waals surface area contributed by atoms with Crippen LogP contribution >= 0.6 is 0 Å². The molecule has 1 aromatic carbocycles. The molecule has 2 aliphatic rings. The Balaban J connectivity index is 0.000000429. The number of carbonyl (C=O) groups is 3. The standard InChI is InChI=1S/C23H27N3O2.C2HF3O2/c1-16-10-17(2)12-19(11-16)22(28)26-8-5-23(6-9-26)13-20(14-23)25-21(27)18-4-3-7-24-15-18;3-2(4,5)1(6)7/h3-4,7,10-12,15,20H,5-6,8-9,13-14H2,1-2H3,(H,25,27);(H,6,7). The van der Waals surface area contributed by atoms with Crippen molar-refractivity contribution in [2.75, 3.05) is 13.1 Å². The highest BCUT2D eigenvalue weighted by atomic mass is 19.4. The Bertz CT molecular complexity index is 1050. The Morgan fingerprint density at radius 2 is 1.63 bits per heavy atom. The summed E-state index contributed by atoms with van der Waals surface area (Å²) in [6, 6.07) is 9.85. The number of hydrogen-bond acceptors (Lipinski definition) is 4. The predicted octanol–water partition coefficient (Wildman–Crippen LogP) is 4.15. The molecule has 0 atom stereocenters. The molecule has 1 saturated heterocycles. The third-order valence-corrected chi connectivity index (χ3v) is 6.44. The Hall–Kier alpha value is -3.43. The molecule has 2 heterocycles. The maximum Gasteiger partial charge on any atom is 0.490 e. The number of halogens is 3. The summed E-state index contributed by atoms with van der Waals surface area (Å²) in [5.41, 5.74) is 3.94. The second-order valence-electron chi connectivity index (χ2n) is 9.29. The van der Waals surface area contributed by atoms with Crippen molar-refractivity contribution >= 4 is 17.8 Å². The van der Waals surface area contributed by atoms with Gasteiger partial charge < -0.3 is 15.3 Å². The van der Waals surface area contributed by atoms with E-state index in [1.807, 2.05) is 30.9 Å². The lowest BCUT2D eigenvalue weighted by Gasteiger charge is -2.52. The molecule has 1 saturated carbocycles. The minimum absolute atomic E-state index is 0.0459. The van der Waals surface area contributed by atoms with E-state index in [-0.39, 0.29) is 23.3 Å². The maximum atomic E-state index is 12.9. The Morgan fingerprint density at radius 3 is 2.11 bits per heavy atom. The molecule has 4 rings (SSSR count). The molecule has 188 valence electrons. The number of aryl methyl sites for hydroxylation is 2. The minimum Gasteiger partial charge on any atom is -0.475 e. The Morgan fingerprint density at radius 1 is 1.06 bits per heavy atom. The topological polar surface area (TPSA) is 99.6 Å². The highest BCUT2D eigenvalue weighted by Gasteiger charge is 2.46. The normalized spacial score (nSPS) is 17.1. The third kappa shape index (κ3) is 6.80. The number of aromatic nitrogens is 1. The summed E-state index contributed by atoms with van der Waals surface area (Å²) in [5, 5.41) is 10.2. The van der Waals surface area contributed by atoms with Crippen LogP contribution < -0.4 is 5.32 Å². The third-order valence-electron chi connectivity index (χ3n) is 6.44. The van der Waals surface area contributed by atoms with Gasteiger partial charge in [-0.25, -0.2) is 4.79 Å². The molecule has 2 amide bonds. The van der Waals surface area contributed by atoms with E-state index in [1.54, 1.807) is 24.5 Å². The number of carbonyl (C=O) groups excluding carboxylic acids is 2. The lowest BCUT2D eigenvalue weighted by Crippen LogP contribution is -2.55. The Kier molecular flexibility index (Phi) is 7.82. The van der Waals surface area contributed by atoms with Crippen LogP contribution in [0.4, 0.5) is 13.2 Å². The molecule has 1 aliphatic carbocycles. The average Bonchev–Trinajstić information content (AvgIpc) is 2.77. The fourth-order valence-corrected chi connectivity index (χ4v) is 4.73. The van der Waals surface area contributed by atoms with Crippen molar-refractivity contribution in [3.05, 3.63) is 65.0 Å². The molecule has 1 spiro atoms. The summed E-state index contributed by atoms with van der Waals surface area (Å²) in [5.74, 6) is -2.66. The van der Waals surface area contributed by atoms with Gasteiger partial charge in [-0.3, -0.25) is 14.6 Å². The fraction of sp³-hybridized carbons (Fsp3) is 0.440. The molecule has 1 aliphatic heterocycles. The van der Waals surface area contributed by atoms with E-state index in [4.69, 9.17) is 9.90 Å². The molecule has 0 bridgehead atoms. The highest BCUT2D eigenvalue weighted by molar-refractivity contribution is 5.95. The molecule has 35 heavy (non-hydrogen) atoms. The van der Waals surface area contributed by atoms with Crippen LogP contribution in [-0.2, 0) is 4.79 Å². The number of carboxylic acids is 1. The van der Waals surface area contributed by atoms with E-state index >= 15 is 0 Å².